The molecule has 170 valence electrons. The number of esters is 1. The van der Waals surface area contributed by atoms with Gasteiger partial charge in [0.1, 0.15) is 0 Å². The number of nitrogens with one attached hydrogen (secondary N) is 1. The maximum Gasteiger partial charge on any atom is 0.314 e. The van der Waals surface area contributed by atoms with Crippen molar-refractivity contribution in [3.63, 3.8) is 0 Å². The fraction of sp³-hybridized carbons (Fsp3) is 0.481. The normalized spacial score (nSPS) is 25.5. The van der Waals surface area contributed by atoms with Crippen molar-refractivity contribution < 1.29 is 14.3 Å². The van der Waals surface area contributed by atoms with Crippen LogP contribution >= 0.6 is 0 Å². The number of rotatable bonds is 4. The Balaban J connectivity index is 0.000000154. The number of amides is 1. The van der Waals surface area contributed by atoms with E-state index in [0.29, 0.717) is 11.9 Å². The van der Waals surface area contributed by atoms with Crippen molar-refractivity contribution in [2.75, 3.05) is 20.2 Å². The average molecular weight is 435 g/mol. The summed E-state index contributed by atoms with van der Waals surface area (Å²) in [5, 5.41) is 3.43. The smallest absolute Gasteiger partial charge is 0.314 e. The average Bonchev–Trinajstić information content (AvgIpc) is 2.86. The molecule has 3 heterocycles. The molecular formula is C27H34N2O3. The number of hydrogen-bond acceptors (Lipinski definition) is 4. The lowest BCUT2D eigenvalue weighted by atomic mass is 9.77. The first-order valence-electron chi connectivity index (χ1n) is 11.9. The minimum atomic E-state index is -0.179. The number of carbonyl (C=O) groups is 2. The van der Waals surface area contributed by atoms with Gasteiger partial charge in [-0.1, -0.05) is 67.1 Å². The fourth-order valence-corrected chi connectivity index (χ4v) is 5.35. The molecule has 2 aromatic rings. The van der Waals surface area contributed by atoms with E-state index in [4.69, 9.17) is 4.74 Å². The summed E-state index contributed by atoms with van der Waals surface area (Å²) in [5.41, 5.74) is 2.24. The van der Waals surface area contributed by atoms with E-state index < -0.39 is 0 Å². The number of benzene rings is 2. The number of methoxy groups -OCH3 is 1. The highest BCUT2D eigenvalue weighted by molar-refractivity contribution is 5.91. The number of carbonyl (C=O) groups excluding carboxylic acids is 2. The molecule has 0 bridgehead atoms. The first kappa shape index (κ1) is 22.5. The van der Waals surface area contributed by atoms with Gasteiger partial charge in [-0.15, -0.1) is 0 Å². The Labute approximate surface area is 191 Å². The zero-order chi connectivity index (χ0) is 22.3. The number of hydrogen-bond donors (Lipinski definition) is 1. The van der Waals surface area contributed by atoms with Crippen LogP contribution in [-0.2, 0) is 14.3 Å². The van der Waals surface area contributed by atoms with Crippen LogP contribution in [0.15, 0.2) is 60.7 Å². The van der Waals surface area contributed by atoms with Gasteiger partial charge in [-0.3, -0.25) is 9.59 Å². The first-order valence-corrected chi connectivity index (χ1v) is 11.9. The predicted molar refractivity (Wildman–Crippen MR) is 125 cm³/mol. The van der Waals surface area contributed by atoms with E-state index in [1.807, 2.05) is 48.5 Å². The highest BCUT2D eigenvalue weighted by atomic mass is 16.5. The Bertz CT molecular complexity index is 880. The van der Waals surface area contributed by atoms with E-state index in [1.54, 1.807) is 0 Å². The molecule has 0 saturated carbocycles. The lowest BCUT2D eigenvalue weighted by Crippen LogP contribution is -2.60. The second-order valence-corrected chi connectivity index (χ2v) is 8.95. The lowest BCUT2D eigenvalue weighted by molar-refractivity contribution is -0.152. The molecule has 5 rings (SSSR count). The molecule has 3 aliphatic rings. The van der Waals surface area contributed by atoms with Crippen molar-refractivity contribution in [2.24, 2.45) is 0 Å². The molecule has 3 aliphatic heterocycles. The molecule has 1 N–H and O–H groups in total. The topological polar surface area (TPSA) is 58.6 Å². The summed E-state index contributed by atoms with van der Waals surface area (Å²) >= 11 is 0. The molecular weight excluding hydrogens is 400 g/mol. The number of fused-ring (bicyclic) bond motifs is 1. The Morgan fingerprint density at radius 3 is 2.31 bits per heavy atom. The van der Waals surface area contributed by atoms with Gasteiger partial charge >= 0.3 is 5.97 Å². The SMILES string of the molecule is COC(=O)C(c1ccccc1)C1CCCCN1.O=C1C(c2ccccc2)C2CCCCN12. The van der Waals surface area contributed by atoms with Crippen LogP contribution in [0.4, 0.5) is 0 Å². The van der Waals surface area contributed by atoms with E-state index in [9.17, 15) is 9.59 Å². The molecule has 0 radical (unpaired) electrons. The third kappa shape index (κ3) is 4.88. The molecule has 2 aromatic carbocycles. The lowest BCUT2D eigenvalue weighted by Gasteiger charge is -2.50. The van der Waals surface area contributed by atoms with Crippen LogP contribution < -0.4 is 5.32 Å². The summed E-state index contributed by atoms with van der Waals surface area (Å²) < 4.78 is 4.94. The molecule has 0 aromatic heterocycles. The second kappa shape index (κ2) is 10.8. The summed E-state index contributed by atoms with van der Waals surface area (Å²) in [4.78, 5) is 25.9. The van der Waals surface area contributed by atoms with Crippen molar-refractivity contribution in [1.82, 2.24) is 10.2 Å². The Hall–Kier alpha value is -2.66. The van der Waals surface area contributed by atoms with Crippen LogP contribution in [0.25, 0.3) is 0 Å². The molecule has 5 nitrogen and oxygen atoms in total. The van der Waals surface area contributed by atoms with Crippen LogP contribution in [-0.4, -0.2) is 49.1 Å². The van der Waals surface area contributed by atoms with E-state index in [1.165, 1.54) is 44.8 Å². The number of piperidine rings is 2. The summed E-state index contributed by atoms with van der Waals surface area (Å²) in [7, 11) is 1.46. The van der Waals surface area contributed by atoms with Crippen LogP contribution in [0.2, 0.25) is 0 Å². The Morgan fingerprint density at radius 2 is 1.66 bits per heavy atom. The van der Waals surface area contributed by atoms with Crippen molar-refractivity contribution in [2.45, 2.75) is 62.4 Å². The van der Waals surface area contributed by atoms with Crippen molar-refractivity contribution in [3.8, 4) is 0 Å². The Morgan fingerprint density at radius 1 is 0.969 bits per heavy atom. The highest BCUT2D eigenvalue weighted by Crippen LogP contribution is 2.40. The zero-order valence-corrected chi connectivity index (χ0v) is 18.9. The van der Waals surface area contributed by atoms with Gasteiger partial charge in [-0.05, 0) is 49.8 Å². The van der Waals surface area contributed by atoms with E-state index in [-0.39, 0.29) is 23.8 Å². The van der Waals surface area contributed by atoms with Crippen molar-refractivity contribution in [1.29, 1.82) is 0 Å². The summed E-state index contributed by atoms with van der Waals surface area (Å²) in [6, 6.07) is 20.8. The van der Waals surface area contributed by atoms with E-state index in [0.717, 1.165) is 25.1 Å². The second-order valence-electron chi connectivity index (χ2n) is 8.95. The largest absolute Gasteiger partial charge is 0.469 e. The van der Waals surface area contributed by atoms with Crippen LogP contribution in [0.1, 0.15) is 61.5 Å². The van der Waals surface area contributed by atoms with Gasteiger partial charge in [-0.25, -0.2) is 0 Å². The van der Waals surface area contributed by atoms with Crippen molar-refractivity contribution >= 4 is 11.9 Å². The molecule has 32 heavy (non-hydrogen) atoms. The van der Waals surface area contributed by atoms with E-state index in [2.05, 4.69) is 22.3 Å². The molecule has 0 aliphatic carbocycles. The summed E-state index contributed by atoms with van der Waals surface area (Å²) in [6.45, 7) is 1.97. The van der Waals surface area contributed by atoms with Gasteiger partial charge in [0.15, 0.2) is 0 Å². The number of nitrogens with zero attached hydrogens (tertiary/aromatic N) is 1. The third-order valence-electron chi connectivity index (χ3n) is 7.01. The molecule has 3 saturated heterocycles. The predicted octanol–water partition coefficient (Wildman–Crippen LogP) is 4.25. The van der Waals surface area contributed by atoms with Gasteiger partial charge in [0.05, 0.1) is 18.9 Å². The van der Waals surface area contributed by atoms with Gasteiger partial charge < -0.3 is 15.0 Å². The maximum absolute atomic E-state index is 11.9. The molecule has 1 amide bonds. The number of ether oxygens (including phenoxy) is 1. The zero-order valence-electron chi connectivity index (χ0n) is 18.9. The number of β-lactam (4-membered cyclic amide) rings is 1. The van der Waals surface area contributed by atoms with Gasteiger partial charge in [0.25, 0.3) is 0 Å². The minimum absolute atomic E-state index is 0.143. The van der Waals surface area contributed by atoms with Crippen molar-refractivity contribution in [3.05, 3.63) is 71.8 Å². The maximum atomic E-state index is 11.9. The molecule has 4 atom stereocenters. The minimum Gasteiger partial charge on any atom is -0.469 e. The van der Waals surface area contributed by atoms with Crippen LogP contribution in [0.3, 0.4) is 0 Å². The van der Waals surface area contributed by atoms with Gasteiger partial charge in [-0.2, -0.15) is 0 Å². The monoisotopic (exact) mass is 434 g/mol. The first-order chi connectivity index (χ1) is 15.7. The standard InChI is InChI=1S/C14H19NO2.C13H15NO/c1-17-14(16)13(11-7-3-2-4-8-11)12-9-5-6-10-15-12;15-13-12(10-6-2-1-3-7-10)11-8-4-5-9-14(11)13/h2-4,7-8,12-13,15H,5-6,9-10H2,1H3;1-3,6-7,11-12H,4-5,8-9H2. The van der Waals surface area contributed by atoms with Gasteiger partial charge in [0.2, 0.25) is 5.91 Å². The molecule has 3 fully saturated rings. The molecule has 4 unspecified atom stereocenters. The fourth-order valence-electron chi connectivity index (χ4n) is 5.35. The highest BCUT2D eigenvalue weighted by Gasteiger charge is 2.48. The third-order valence-corrected chi connectivity index (χ3v) is 7.01. The van der Waals surface area contributed by atoms with Crippen LogP contribution in [0, 0.1) is 0 Å². The van der Waals surface area contributed by atoms with E-state index >= 15 is 0 Å². The Kier molecular flexibility index (Phi) is 7.59. The summed E-state index contributed by atoms with van der Waals surface area (Å²) in [6.07, 6.45) is 7.05. The molecule has 0 spiro atoms. The van der Waals surface area contributed by atoms with Crippen LogP contribution in [0.5, 0.6) is 0 Å². The quantitative estimate of drug-likeness (QED) is 0.577. The molecule has 5 heteroatoms. The summed E-state index contributed by atoms with van der Waals surface area (Å²) in [5.74, 6) is 0.175. The van der Waals surface area contributed by atoms with Gasteiger partial charge in [0, 0.05) is 18.6 Å².